The summed E-state index contributed by atoms with van der Waals surface area (Å²) in [5.74, 6) is -0.0639. The van der Waals surface area contributed by atoms with Crippen LogP contribution in [-0.2, 0) is 11.3 Å². The predicted octanol–water partition coefficient (Wildman–Crippen LogP) is 2.01. The number of para-hydroxylation sites is 2. The summed E-state index contributed by atoms with van der Waals surface area (Å²) in [5, 5.41) is 4.18. The van der Waals surface area contributed by atoms with Crippen molar-refractivity contribution in [1.29, 1.82) is 0 Å². The number of pyridine rings is 1. The molecule has 3 aromatic rings. The van der Waals surface area contributed by atoms with Crippen LogP contribution < -0.4 is 16.5 Å². The highest BCUT2D eigenvalue weighted by Crippen LogP contribution is 2.18. The van der Waals surface area contributed by atoms with Gasteiger partial charge in [0.05, 0.1) is 11.0 Å². The number of nitrogens with one attached hydrogen (secondary N) is 1. The summed E-state index contributed by atoms with van der Waals surface area (Å²) in [5.41, 5.74) is 7.01. The number of aromatic nitrogens is 1. The Kier molecular flexibility index (Phi) is 4.91. The van der Waals surface area contributed by atoms with Gasteiger partial charge in [0.25, 0.3) is 0 Å². The van der Waals surface area contributed by atoms with Gasteiger partial charge in [-0.25, -0.2) is 0 Å². The largest absolute Gasteiger partial charge is 0.355 e. The number of rotatable bonds is 6. The topological polar surface area (TPSA) is 77.1 Å². The lowest BCUT2D eigenvalue weighted by atomic mass is 10.1. The van der Waals surface area contributed by atoms with Crippen LogP contribution in [0.4, 0.5) is 0 Å². The molecule has 5 heteroatoms. The lowest BCUT2D eigenvalue weighted by Crippen LogP contribution is -2.29. The third-order valence-corrected chi connectivity index (χ3v) is 4.13. The molecular weight excluding hydrogens is 302 g/mol. The Labute approximate surface area is 140 Å². The zero-order valence-electron chi connectivity index (χ0n) is 13.5. The molecule has 1 heterocycles. The number of nitrogens with zero attached hydrogens (tertiary/aromatic N) is 1. The number of hydrogen-bond acceptors (Lipinski definition) is 3. The minimum atomic E-state index is -0.0639. The number of carbonyl (C=O) groups excluding carboxylic acids is 1. The molecule has 0 saturated heterocycles. The van der Waals surface area contributed by atoms with Gasteiger partial charge >= 0.3 is 0 Å². The summed E-state index contributed by atoms with van der Waals surface area (Å²) in [7, 11) is 0. The van der Waals surface area contributed by atoms with Gasteiger partial charge in [-0.15, -0.1) is 0 Å². The van der Waals surface area contributed by atoms with Crippen molar-refractivity contribution >= 4 is 27.7 Å². The molecular formula is C19H21N3O2. The Hall–Kier alpha value is -2.66. The van der Waals surface area contributed by atoms with Crippen LogP contribution in [0.25, 0.3) is 21.8 Å². The van der Waals surface area contributed by atoms with Crippen molar-refractivity contribution in [2.45, 2.75) is 19.4 Å². The molecule has 1 aromatic heterocycles. The molecule has 1 amide bonds. The number of unbranched alkanes of at least 4 members (excludes halogenated alkanes) is 1. The summed E-state index contributed by atoms with van der Waals surface area (Å²) < 4.78 is 1.91. The fourth-order valence-electron chi connectivity index (χ4n) is 2.94. The van der Waals surface area contributed by atoms with Crippen LogP contribution >= 0.6 is 0 Å². The molecule has 124 valence electrons. The quantitative estimate of drug-likeness (QED) is 0.538. The van der Waals surface area contributed by atoms with Crippen LogP contribution in [0.1, 0.15) is 12.8 Å². The molecule has 5 nitrogen and oxygen atoms in total. The Bertz CT molecular complexity index is 871. The zero-order valence-corrected chi connectivity index (χ0v) is 13.5. The van der Waals surface area contributed by atoms with Crippen molar-refractivity contribution in [2.24, 2.45) is 5.73 Å². The van der Waals surface area contributed by atoms with Gasteiger partial charge in [0.1, 0.15) is 6.54 Å². The highest BCUT2D eigenvalue weighted by atomic mass is 16.2. The second-order valence-corrected chi connectivity index (χ2v) is 5.80. The molecule has 0 fully saturated rings. The van der Waals surface area contributed by atoms with Crippen molar-refractivity contribution in [3.05, 3.63) is 58.8 Å². The molecule has 0 aliphatic heterocycles. The molecule has 24 heavy (non-hydrogen) atoms. The molecule has 0 aliphatic carbocycles. The zero-order chi connectivity index (χ0) is 16.9. The average Bonchev–Trinajstić information content (AvgIpc) is 2.62. The van der Waals surface area contributed by atoms with E-state index in [2.05, 4.69) is 5.32 Å². The number of hydrogen-bond donors (Lipinski definition) is 2. The minimum absolute atomic E-state index is 0.000744. The van der Waals surface area contributed by atoms with Crippen LogP contribution in [-0.4, -0.2) is 23.6 Å². The molecule has 3 rings (SSSR count). The maximum atomic E-state index is 12.6. The SMILES string of the molecule is NCCCCNC(=O)Cn1c2ccccc2c(=O)c2ccccc21. The summed E-state index contributed by atoms with van der Waals surface area (Å²) in [4.78, 5) is 25.0. The molecule has 0 atom stereocenters. The standard InChI is InChI=1S/C19H21N3O2/c20-11-5-6-12-21-18(23)13-22-16-9-3-1-7-14(16)19(24)15-8-2-4-10-17(15)22/h1-4,7-10H,5-6,11-13,20H2,(H,21,23). The molecule has 2 aromatic carbocycles. The van der Waals surface area contributed by atoms with E-state index >= 15 is 0 Å². The Morgan fingerprint density at radius 3 is 2.12 bits per heavy atom. The normalized spacial score (nSPS) is 11.0. The lowest BCUT2D eigenvalue weighted by Gasteiger charge is -2.15. The summed E-state index contributed by atoms with van der Waals surface area (Å²) >= 11 is 0. The average molecular weight is 323 g/mol. The van der Waals surface area contributed by atoms with E-state index in [4.69, 9.17) is 5.73 Å². The maximum Gasteiger partial charge on any atom is 0.239 e. The molecule has 3 N–H and O–H groups in total. The van der Waals surface area contributed by atoms with Crippen LogP contribution in [0, 0.1) is 0 Å². The summed E-state index contributed by atoms with van der Waals surface area (Å²) in [6, 6.07) is 14.8. The van der Waals surface area contributed by atoms with Gasteiger partial charge in [-0.2, -0.15) is 0 Å². The third kappa shape index (κ3) is 3.16. The first-order chi connectivity index (χ1) is 11.7. The first-order valence-electron chi connectivity index (χ1n) is 8.19. The van der Waals surface area contributed by atoms with Gasteiger partial charge < -0.3 is 15.6 Å². The monoisotopic (exact) mass is 323 g/mol. The van der Waals surface area contributed by atoms with E-state index < -0.39 is 0 Å². The molecule has 0 spiro atoms. The number of fused-ring (bicyclic) bond motifs is 2. The number of benzene rings is 2. The van der Waals surface area contributed by atoms with Gasteiger partial charge in [-0.05, 0) is 43.7 Å². The van der Waals surface area contributed by atoms with Gasteiger partial charge in [0.15, 0.2) is 5.43 Å². The smallest absolute Gasteiger partial charge is 0.239 e. The fraction of sp³-hybridized carbons (Fsp3) is 0.263. The van der Waals surface area contributed by atoms with E-state index in [9.17, 15) is 9.59 Å². The fourth-order valence-corrected chi connectivity index (χ4v) is 2.94. The molecule has 0 aliphatic rings. The highest BCUT2D eigenvalue weighted by molar-refractivity contribution is 5.94. The summed E-state index contributed by atoms with van der Waals surface area (Å²) in [6.45, 7) is 1.43. The van der Waals surface area contributed by atoms with Crippen molar-refractivity contribution in [2.75, 3.05) is 13.1 Å². The Morgan fingerprint density at radius 2 is 1.54 bits per heavy atom. The van der Waals surface area contributed by atoms with Crippen molar-refractivity contribution < 1.29 is 4.79 Å². The van der Waals surface area contributed by atoms with Crippen LogP contribution in [0.2, 0.25) is 0 Å². The van der Waals surface area contributed by atoms with Gasteiger partial charge in [0.2, 0.25) is 5.91 Å². The molecule has 0 bridgehead atoms. The van der Waals surface area contributed by atoms with E-state index in [-0.39, 0.29) is 17.9 Å². The third-order valence-electron chi connectivity index (χ3n) is 4.13. The molecule has 0 unspecified atom stereocenters. The van der Waals surface area contributed by atoms with E-state index in [1.54, 1.807) is 12.1 Å². The van der Waals surface area contributed by atoms with Crippen molar-refractivity contribution in [1.82, 2.24) is 9.88 Å². The van der Waals surface area contributed by atoms with E-state index in [1.165, 1.54) is 0 Å². The molecule has 0 saturated carbocycles. The Morgan fingerprint density at radius 1 is 0.958 bits per heavy atom. The Balaban J connectivity index is 2.00. The number of carbonyl (C=O) groups is 1. The van der Waals surface area contributed by atoms with Gasteiger partial charge in [-0.3, -0.25) is 9.59 Å². The van der Waals surface area contributed by atoms with Gasteiger partial charge in [0, 0.05) is 17.3 Å². The highest BCUT2D eigenvalue weighted by Gasteiger charge is 2.12. The second-order valence-electron chi connectivity index (χ2n) is 5.80. The minimum Gasteiger partial charge on any atom is -0.355 e. The van der Waals surface area contributed by atoms with Crippen molar-refractivity contribution in [3.8, 4) is 0 Å². The maximum absolute atomic E-state index is 12.6. The lowest BCUT2D eigenvalue weighted by molar-refractivity contribution is -0.121. The number of amides is 1. The first-order valence-corrected chi connectivity index (χ1v) is 8.19. The van der Waals surface area contributed by atoms with Crippen LogP contribution in [0.3, 0.4) is 0 Å². The first kappa shape index (κ1) is 16.2. The summed E-state index contributed by atoms with van der Waals surface area (Å²) in [6.07, 6.45) is 1.76. The van der Waals surface area contributed by atoms with Crippen molar-refractivity contribution in [3.63, 3.8) is 0 Å². The van der Waals surface area contributed by atoms with Crippen LogP contribution in [0.15, 0.2) is 53.3 Å². The number of nitrogens with two attached hydrogens (primary N) is 1. The second kappa shape index (κ2) is 7.27. The van der Waals surface area contributed by atoms with E-state index in [0.29, 0.717) is 23.9 Å². The van der Waals surface area contributed by atoms with Gasteiger partial charge in [-0.1, -0.05) is 24.3 Å². The van der Waals surface area contributed by atoms with E-state index in [1.807, 2.05) is 41.0 Å². The predicted molar refractivity (Wildman–Crippen MR) is 97.0 cm³/mol. The molecule has 0 radical (unpaired) electrons. The van der Waals surface area contributed by atoms with E-state index in [0.717, 1.165) is 23.9 Å². The van der Waals surface area contributed by atoms with Crippen LogP contribution in [0.5, 0.6) is 0 Å².